The van der Waals surface area contributed by atoms with Gasteiger partial charge in [0.15, 0.2) is 0 Å². The van der Waals surface area contributed by atoms with Crippen LogP contribution in [0.3, 0.4) is 0 Å². The van der Waals surface area contributed by atoms with Crippen LogP contribution in [-0.4, -0.2) is 21.9 Å². The number of phenolic OH excluding ortho intramolecular Hbond substituents is 1. The summed E-state index contributed by atoms with van der Waals surface area (Å²) in [6.07, 6.45) is -3.33. The lowest BCUT2D eigenvalue weighted by atomic mass is 10.2. The van der Waals surface area contributed by atoms with Gasteiger partial charge in [-0.15, -0.1) is 11.8 Å². The molecule has 2 aromatic rings. The minimum Gasteiger partial charge on any atom is -0.508 e. The van der Waals surface area contributed by atoms with E-state index in [-0.39, 0.29) is 12.2 Å². The lowest BCUT2D eigenvalue weighted by molar-refractivity contribution is -0.138. The summed E-state index contributed by atoms with van der Waals surface area (Å²) in [5, 5.41) is 17.1. The number of carboxylic acid groups (broad SMARTS) is 1. The predicted octanol–water partition coefficient (Wildman–Crippen LogP) is 5.36. The molecule has 0 aliphatic rings. The third kappa shape index (κ3) is 8.49. The van der Waals surface area contributed by atoms with Crippen LogP contribution in [0.2, 0.25) is 0 Å². The zero-order valence-corrected chi connectivity index (χ0v) is 14.4. The van der Waals surface area contributed by atoms with E-state index in [0.29, 0.717) is 0 Å². The van der Waals surface area contributed by atoms with E-state index < -0.39 is 17.7 Å². The number of aromatic hydroxyl groups is 1. The van der Waals surface area contributed by atoms with E-state index in [1.54, 1.807) is 11.8 Å². The van der Waals surface area contributed by atoms with Crippen molar-refractivity contribution in [3.63, 3.8) is 0 Å². The number of hydrogen-bond acceptors (Lipinski definition) is 3. The molecular weight excluding hydrogens is 353 g/mol. The summed E-state index contributed by atoms with van der Waals surface area (Å²) in [4.78, 5) is 11.5. The number of halogens is 3. The van der Waals surface area contributed by atoms with Crippen molar-refractivity contribution in [1.82, 2.24) is 0 Å². The monoisotopic (exact) mass is 372 g/mol. The highest BCUT2D eigenvalue weighted by molar-refractivity contribution is 7.99. The third-order valence-corrected chi connectivity index (χ3v) is 4.34. The van der Waals surface area contributed by atoms with Crippen LogP contribution in [0.1, 0.15) is 24.0 Å². The number of benzene rings is 2. The van der Waals surface area contributed by atoms with Gasteiger partial charge in [0.1, 0.15) is 5.75 Å². The number of rotatable bonds is 5. The molecule has 0 bridgehead atoms. The predicted molar refractivity (Wildman–Crippen MR) is 91.9 cm³/mol. The number of carbonyl (C=O) groups is 1. The Morgan fingerprint density at radius 2 is 1.68 bits per heavy atom. The second-order valence-electron chi connectivity index (χ2n) is 5.16. The second-order valence-corrected chi connectivity index (χ2v) is 6.29. The highest BCUT2D eigenvalue weighted by Crippen LogP contribution is 2.29. The molecule has 0 fully saturated rings. The lowest BCUT2D eigenvalue weighted by Crippen LogP contribution is -2.03. The van der Waals surface area contributed by atoms with Gasteiger partial charge in [-0.1, -0.05) is 18.2 Å². The molecule has 2 N–H and O–H groups in total. The van der Waals surface area contributed by atoms with Crippen molar-refractivity contribution >= 4 is 17.7 Å². The van der Waals surface area contributed by atoms with Crippen LogP contribution < -0.4 is 0 Å². The molecule has 0 saturated carbocycles. The van der Waals surface area contributed by atoms with Crippen molar-refractivity contribution in [1.29, 1.82) is 0 Å². The average Bonchev–Trinajstić information content (AvgIpc) is 2.53. The molecule has 7 heteroatoms. The number of carboxylic acids is 1. The van der Waals surface area contributed by atoms with E-state index in [2.05, 4.69) is 19.1 Å². The van der Waals surface area contributed by atoms with Gasteiger partial charge in [-0.25, -0.2) is 0 Å². The van der Waals surface area contributed by atoms with Gasteiger partial charge in [-0.05, 0) is 55.0 Å². The molecular formula is C18H19F3O3S. The van der Waals surface area contributed by atoms with Gasteiger partial charge in [0.2, 0.25) is 0 Å². The second kappa shape index (κ2) is 9.98. The first-order valence-corrected chi connectivity index (χ1v) is 8.45. The van der Waals surface area contributed by atoms with Gasteiger partial charge in [-0.3, -0.25) is 4.79 Å². The Morgan fingerprint density at radius 1 is 1.08 bits per heavy atom. The van der Waals surface area contributed by atoms with Crippen LogP contribution in [0.5, 0.6) is 5.75 Å². The van der Waals surface area contributed by atoms with Crippen molar-refractivity contribution in [3.05, 3.63) is 59.7 Å². The number of alkyl halides is 3. The van der Waals surface area contributed by atoms with Crippen LogP contribution in [0.15, 0.2) is 53.4 Å². The molecule has 2 aromatic carbocycles. The Hall–Kier alpha value is -2.15. The molecule has 0 radical (unpaired) electrons. The maximum atomic E-state index is 11.8. The molecule has 0 saturated heterocycles. The fraction of sp³-hybridized carbons (Fsp3) is 0.278. The average molecular weight is 372 g/mol. The molecule has 2 rings (SSSR count). The van der Waals surface area contributed by atoms with E-state index >= 15 is 0 Å². The molecule has 0 unspecified atom stereocenters. The fourth-order valence-corrected chi connectivity index (χ4v) is 2.75. The maximum Gasteiger partial charge on any atom is 0.416 e. The highest BCUT2D eigenvalue weighted by Gasteiger charge is 2.29. The molecule has 136 valence electrons. The van der Waals surface area contributed by atoms with E-state index in [1.165, 1.54) is 10.5 Å². The summed E-state index contributed by atoms with van der Waals surface area (Å²) in [7, 11) is 0. The van der Waals surface area contributed by atoms with Crippen LogP contribution in [0, 0.1) is 6.92 Å². The van der Waals surface area contributed by atoms with Crippen LogP contribution in [0.4, 0.5) is 13.2 Å². The van der Waals surface area contributed by atoms with Crippen LogP contribution in [-0.2, 0) is 11.0 Å². The van der Waals surface area contributed by atoms with Gasteiger partial charge in [0.25, 0.3) is 0 Å². The Bertz CT molecular complexity index is 670. The van der Waals surface area contributed by atoms with Gasteiger partial charge < -0.3 is 10.2 Å². The summed E-state index contributed by atoms with van der Waals surface area (Å²) in [6.45, 7) is 2.07. The van der Waals surface area contributed by atoms with Crippen LogP contribution in [0.25, 0.3) is 0 Å². The number of thioether (sulfide) groups is 1. The highest BCUT2D eigenvalue weighted by atomic mass is 32.2. The SMILES string of the molecule is Cc1ccccc1SCCCC(=O)O.Oc1ccc(C(F)(F)F)cc1. The zero-order chi connectivity index (χ0) is 18.9. The summed E-state index contributed by atoms with van der Waals surface area (Å²) in [5.74, 6) is -0.00895. The largest absolute Gasteiger partial charge is 0.508 e. The van der Waals surface area contributed by atoms with E-state index in [0.717, 1.165) is 36.4 Å². The first-order valence-electron chi connectivity index (χ1n) is 7.46. The molecule has 0 aliphatic carbocycles. The van der Waals surface area contributed by atoms with E-state index in [1.807, 2.05) is 12.1 Å². The Morgan fingerprint density at radius 3 is 2.20 bits per heavy atom. The maximum absolute atomic E-state index is 11.8. The molecule has 25 heavy (non-hydrogen) atoms. The number of hydrogen-bond donors (Lipinski definition) is 2. The van der Waals surface area contributed by atoms with Gasteiger partial charge in [0, 0.05) is 11.3 Å². The topological polar surface area (TPSA) is 57.5 Å². The quantitative estimate of drug-likeness (QED) is 0.548. The van der Waals surface area contributed by atoms with Crippen molar-refractivity contribution in [2.75, 3.05) is 5.75 Å². The number of aryl methyl sites for hydroxylation is 1. The van der Waals surface area contributed by atoms with E-state index in [4.69, 9.17) is 10.2 Å². The fourth-order valence-electron chi connectivity index (χ4n) is 1.77. The number of aliphatic carboxylic acids is 1. The first-order chi connectivity index (χ1) is 11.7. The minimum atomic E-state index is -4.33. The Kier molecular flexibility index (Phi) is 8.34. The van der Waals surface area contributed by atoms with Crippen molar-refractivity contribution in [3.8, 4) is 5.75 Å². The van der Waals surface area contributed by atoms with Crippen LogP contribution >= 0.6 is 11.8 Å². The normalized spacial score (nSPS) is 10.7. The van der Waals surface area contributed by atoms with Gasteiger partial charge >= 0.3 is 12.1 Å². The molecule has 0 heterocycles. The van der Waals surface area contributed by atoms with Gasteiger partial charge in [-0.2, -0.15) is 13.2 Å². The standard InChI is InChI=1S/C11H14O2S.C7H5F3O/c1-9-5-2-3-6-10(9)14-8-4-7-11(12)13;8-7(9,10)5-1-3-6(11)4-2-5/h2-3,5-6H,4,7-8H2,1H3,(H,12,13);1-4,11H. The Labute approximate surface area is 148 Å². The van der Waals surface area contributed by atoms with Crippen molar-refractivity contribution in [2.24, 2.45) is 0 Å². The third-order valence-electron chi connectivity index (χ3n) is 3.08. The molecule has 0 aliphatic heterocycles. The van der Waals surface area contributed by atoms with Gasteiger partial charge in [0.05, 0.1) is 5.56 Å². The van der Waals surface area contributed by atoms with Crippen molar-refractivity contribution in [2.45, 2.75) is 30.8 Å². The minimum absolute atomic E-state index is 0.169. The molecule has 0 atom stereocenters. The smallest absolute Gasteiger partial charge is 0.416 e. The summed E-state index contributed by atoms with van der Waals surface area (Å²) < 4.78 is 35.5. The lowest BCUT2D eigenvalue weighted by Gasteiger charge is -2.04. The summed E-state index contributed by atoms with van der Waals surface area (Å²) in [5.41, 5.74) is 0.503. The number of phenols is 1. The van der Waals surface area contributed by atoms with E-state index in [9.17, 15) is 18.0 Å². The first kappa shape index (κ1) is 20.9. The van der Waals surface area contributed by atoms with Crippen molar-refractivity contribution < 1.29 is 28.2 Å². The molecule has 3 nitrogen and oxygen atoms in total. The Balaban J connectivity index is 0.000000257. The summed E-state index contributed by atoms with van der Waals surface area (Å²) >= 11 is 1.73. The molecule has 0 amide bonds. The molecule has 0 aromatic heterocycles. The molecule has 0 spiro atoms. The summed E-state index contributed by atoms with van der Waals surface area (Å²) in [6, 6.07) is 11.8. The zero-order valence-electron chi connectivity index (χ0n) is 13.6.